The molecule has 0 bridgehead atoms. The van der Waals surface area contributed by atoms with Gasteiger partial charge < -0.3 is 0 Å². The standard InChI is InChI=1S/C9H13ClN2/c1-4-9(2,3)7-5-11-6-8(10)12-7/h5-6H,4H2,1-3H3. The summed E-state index contributed by atoms with van der Waals surface area (Å²) in [5.74, 6) is 0. The van der Waals surface area contributed by atoms with Crippen LogP contribution in [0.4, 0.5) is 0 Å². The van der Waals surface area contributed by atoms with E-state index in [2.05, 4.69) is 30.7 Å². The zero-order valence-corrected chi connectivity index (χ0v) is 8.39. The molecule has 0 aliphatic heterocycles. The fourth-order valence-corrected chi connectivity index (χ4v) is 0.997. The Morgan fingerprint density at radius 1 is 1.42 bits per heavy atom. The van der Waals surface area contributed by atoms with Crippen molar-refractivity contribution in [1.82, 2.24) is 9.97 Å². The molecule has 0 atom stereocenters. The van der Waals surface area contributed by atoms with Gasteiger partial charge in [0.15, 0.2) is 0 Å². The van der Waals surface area contributed by atoms with Gasteiger partial charge in [-0.15, -0.1) is 0 Å². The summed E-state index contributed by atoms with van der Waals surface area (Å²) in [6.07, 6.45) is 4.36. The largest absolute Gasteiger partial charge is 0.260 e. The zero-order valence-electron chi connectivity index (χ0n) is 7.63. The van der Waals surface area contributed by atoms with Crippen LogP contribution in [0, 0.1) is 0 Å². The summed E-state index contributed by atoms with van der Waals surface area (Å²) >= 11 is 5.73. The van der Waals surface area contributed by atoms with E-state index in [1.165, 1.54) is 0 Å². The summed E-state index contributed by atoms with van der Waals surface area (Å²) in [5, 5.41) is 0.467. The molecule has 0 aromatic carbocycles. The molecule has 1 aromatic heterocycles. The Morgan fingerprint density at radius 3 is 2.58 bits per heavy atom. The predicted molar refractivity (Wildman–Crippen MR) is 50.4 cm³/mol. The molecule has 0 saturated heterocycles. The van der Waals surface area contributed by atoms with E-state index in [4.69, 9.17) is 11.6 Å². The van der Waals surface area contributed by atoms with Crippen molar-refractivity contribution in [2.24, 2.45) is 0 Å². The average Bonchev–Trinajstić information content (AvgIpc) is 2.05. The second-order valence-corrected chi connectivity index (χ2v) is 3.85. The minimum atomic E-state index is 0.0674. The van der Waals surface area contributed by atoms with Gasteiger partial charge in [0, 0.05) is 11.6 Å². The summed E-state index contributed by atoms with van der Waals surface area (Å²) < 4.78 is 0. The molecule has 0 aliphatic rings. The third-order valence-corrected chi connectivity index (χ3v) is 2.36. The normalized spacial score (nSPS) is 11.7. The van der Waals surface area contributed by atoms with Gasteiger partial charge in [-0.1, -0.05) is 32.4 Å². The Bertz CT molecular complexity index is 271. The molecule has 1 rings (SSSR count). The van der Waals surface area contributed by atoms with E-state index in [0.717, 1.165) is 12.1 Å². The summed E-state index contributed by atoms with van der Waals surface area (Å²) in [7, 11) is 0. The molecule has 0 unspecified atom stereocenters. The lowest BCUT2D eigenvalue weighted by atomic mass is 9.87. The minimum Gasteiger partial charge on any atom is -0.260 e. The second kappa shape index (κ2) is 3.40. The predicted octanol–water partition coefficient (Wildman–Crippen LogP) is 2.82. The van der Waals surface area contributed by atoms with Crippen LogP contribution in [0.15, 0.2) is 12.4 Å². The molecule has 0 saturated carbocycles. The highest BCUT2D eigenvalue weighted by molar-refractivity contribution is 6.29. The van der Waals surface area contributed by atoms with E-state index >= 15 is 0 Å². The van der Waals surface area contributed by atoms with Crippen LogP contribution in [-0.4, -0.2) is 9.97 Å². The fraction of sp³-hybridized carbons (Fsp3) is 0.556. The molecular weight excluding hydrogens is 172 g/mol. The van der Waals surface area contributed by atoms with Gasteiger partial charge in [-0.05, 0) is 6.42 Å². The van der Waals surface area contributed by atoms with E-state index in [0.29, 0.717) is 5.15 Å². The molecule has 12 heavy (non-hydrogen) atoms. The minimum absolute atomic E-state index is 0.0674. The van der Waals surface area contributed by atoms with Gasteiger partial charge in [0.2, 0.25) is 0 Å². The van der Waals surface area contributed by atoms with Gasteiger partial charge in [-0.2, -0.15) is 0 Å². The lowest BCUT2D eigenvalue weighted by Crippen LogP contribution is -2.17. The second-order valence-electron chi connectivity index (χ2n) is 3.46. The quantitative estimate of drug-likeness (QED) is 0.707. The molecule has 1 aromatic rings. The molecular formula is C9H13ClN2. The Kier molecular flexibility index (Phi) is 2.68. The van der Waals surface area contributed by atoms with Gasteiger partial charge in [0.25, 0.3) is 0 Å². The molecule has 0 aliphatic carbocycles. The number of aromatic nitrogens is 2. The van der Waals surface area contributed by atoms with E-state index in [1.54, 1.807) is 12.4 Å². The third-order valence-electron chi connectivity index (χ3n) is 2.18. The summed E-state index contributed by atoms with van der Waals surface area (Å²) in [4.78, 5) is 8.22. The Morgan fingerprint density at radius 2 is 2.08 bits per heavy atom. The van der Waals surface area contributed by atoms with Gasteiger partial charge in [-0.25, -0.2) is 4.98 Å². The van der Waals surface area contributed by atoms with Crippen LogP contribution in [0.3, 0.4) is 0 Å². The van der Waals surface area contributed by atoms with Gasteiger partial charge in [0.1, 0.15) is 5.15 Å². The number of rotatable bonds is 2. The summed E-state index contributed by atoms with van der Waals surface area (Å²) in [5.41, 5.74) is 1.02. The van der Waals surface area contributed by atoms with Crippen molar-refractivity contribution in [1.29, 1.82) is 0 Å². The summed E-state index contributed by atoms with van der Waals surface area (Å²) in [6.45, 7) is 6.39. The van der Waals surface area contributed by atoms with Crippen LogP contribution in [0.5, 0.6) is 0 Å². The topological polar surface area (TPSA) is 25.8 Å². The number of halogens is 1. The number of hydrogen-bond acceptors (Lipinski definition) is 2. The molecule has 0 spiro atoms. The van der Waals surface area contributed by atoms with Crippen molar-refractivity contribution in [3.05, 3.63) is 23.2 Å². The first-order valence-electron chi connectivity index (χ1n) is 4.04. The molecule has 0 fully saturated rings. The molecule has 0 N–H and O–H groups in total. The first kappa shape index (κ1) is 9.46. The summed E-state index contributed by atoms with van der Waals surface area (Å²) in [6, 6.07) is 0. The van der Waals surface area contributed by atoms with Crippen molar-refractivity contribution >= 4 is 11.6 Å². The highest BCUT2D eigenvalue weighted by Crippen LogP contribution is 2.24. The van der Waals surface area contributed by atoms with Gasteiger partial charge in [-0.3, -0.25) is 4.98 Å². The lowest BCUT2D eigenvalue weighted by Gasteiger charge is -2.21. The van der Waals surface area contributed by atoms with Crippen LogP contribution in [0.2, 0.25) is 5.15 Å². The smallest absolute Gasteiger partial charge is 0.147 e. The van der Waals surface area contributed by atoms with Crippen LogP contribution in [-0.2, 0) is 5.41 Å². The Balaban J connectivity index is 3.03. The first-order chi connectivity index (χ1) is 5.56. The van der Waals surface area contributed by atoms with Gasteiger partial charge in [0.05, 0.1) is 11.9 Å². The first-order valence-corrected chi connectivity index (χ1v) is 4.42. The maximum absolute atomic E-state index is 5.73. The van der Waals surface area contributed by atoms with E-state index in [-0.39, 0.29) is 5.41 Å². The average molecular weight is 185 g/mol. The van der Waals surface area contributed by atoms with E-state index in [9.17, 15) is 0 Å². The third kappa shape index (κ3) is 1.95. The maximum atomic E-state index is 5.73. The van der Waals surface area contributed by atoms with E-state index < -0.39 is 0 Å². The fourth-order valence-electron chi connectivity index (χ4n) is 0.849. The van der Waals surface area contributed by atoms with Crippen LogP contribution >= 0.6 is 11.6 Å². The maximum Gasteiger partial charge on any atom is 0.147 e. The number of nitrogens with zero attached hydrogens (tertiary/aromatic N) is 2. The van der Waals surface area contributed by atoms with Crippen LogP contribution in [0.1, 0.15) is 32.9 Å². The molecule has 0 radical (unpaired) electrons. The number of hydrogen-bond donors (Lipinski definition) is 0. The zero-order chi connectivity index (χ0) is 9.19. The monoisotopic (exact) mass is 184 g/mol. The lowest BCUT2D eigenvalue weighted by molar-refractivity contribution is 0.488. The van der Waals surface area contributed by atoms with Crippen LogP contribution in [0.25, 0.3) is 0 Å². The van der Waals surface area contributed by atoms with Crippen molar-refractivity contribution in [3.63, 3.8) is 0 Å². The Labute approximate surface area is 78.0 Å². The molecule has 0 amide bonds. The van der Waals surface area contributed by atoms with Crippen molar-refractivity contribution in [2.75, 3.05) is 0 Å². The van der Waals surface area contributed by atoms with Crippen molar-refractivity contribution < 1.29 is 0 Å². The molecule has 2 nitrogen and oxygen atoms in total. The highest BCUT2D eigenvalue weighted by atomic mass is 35.5. The van der Waals surface area contributed by atoms with E-state index in [1.807, 2.05) is 0 Å². The molecule has 3 heteroatoms. The highest BCUT2D eigenvalue weighted by Gasteiger charge is 2.19. The Hall–Kier alpha value is -0.630. The molecule has 1 heterocycles. The van der Waals surface area contributed by atoms with Crippen molar-refractivity contribution in [2.45, 2.75) is 32.6 Å². The van der Waals surface area contributed by atoms with Gasteiger partial charge >= 0.3 is 0 Å². The molecule has 66 valence electrons. The van der Waals surface area contributed by atoms with Crippen molar-refractivity contribution in [3.8, 4) is 0 Å². The SMILES string of the molecule is CCC(C)(C)c1cncc(Cl)n1. The van der Waals surface area contributed by atoms with Crippen LogP contribution < -0.4 is 0 Å².